The maximum atomic E-state index is 13.6. The number of aryl methyl sites for hydroxylation is 2. The Hall–Kier alpha value is -3.61. The first-order valence-corrected chi connectivity index (χ1v) is 13.8. The number of fused-ring (bicyclic) bond motifs is 2. The molecule has 3 aromatic heterocycles. The molecule has 0 spiro atoms. The van der Waals surface area contributed by atoms with E-state index in [1.54, 1.807) is 0 Å². The molecule has 0 bridgehead atoms. The molecule has 0 atom stereocenters. The zero-order valence-electron chi connectivity index (χ0n) is 22.4. The van der Waals surface area contributed by atoms with E-state index in [-0.39, 0.29) is 5.91 Å². The van der Waals surface area contributed by atoms with Crippen LogP contribution in [0.4, 0.5) is 5.82 Å². The summed E-state index contributed by atoms with van der Waals surface area (Å²) in [6.45, 7) is 9.47. The van der Waals surface area contributed by atoms with Crippen molar-refractivity contribution in [1.29, 1.82) is 0 Å². The fraction of sp³-hybridized carbons (Fsp3) is 0.519. The molecular formula is C27H33N9O3. The standard InChI is InChI=1S/C27H33N9O3/c1-3-21-28-19-6-4-5-7-20(19)36(21)27-30-23-22(24(31-27)34-10-14-39-15-11-34)29-25(32(23)2)26(37)35-16-18(17-35)33-8-12-38-13-9-33/h4-7,18H,3,8-17H2,1-2H3. The number of carbonyl (C=O) groups is 1. The molecule has 0 N–H and O–H groups in total. The van der Waals surface area contributed by atoms with Crippen LogP contribution < -0.4 is 4.90 Å². The van der Waals surface area contributed by atoms with Gasteiger partial charge in [0.2, 0.25) is 11.8 Å². The number of likely N-dealkylation sites (tertiary alicyclic amines) is 1. The van der Waals surface area contributed by atoms with Crippen molar-refractivity contribution >= 4 is 33.9 Å². The number of nitrogens with zero attached hydrogens (tertiary/aromatic N) is 9. The number of aromatic nitrogens is 6. The molecule has 7 rings (SSSR count). The van der Waals surface area contributed by atoms with Gasteiger partial charge in [-0.1, -0.05) is 19.1 Å². The minimum absolute atomic E-state index is 0.0724. The van der Waals surface area contributed by atoms with E-state index >= 15 is 0 Å². The molecule has 3 aliphatic heterocycles. The van der Waals surface area contributed by atoms with E-state index in [2.05, 4.69) is 16.7 Å². The van der Waals surface area contributed by atoms with Gasteiger partial charge in [-0.25, -0.2) is 9.97 Å². The summed E-state index contributed by atoms with van der Waals surface area (Å²) in [4.78, 5) is 39.8. The van der Waals surface area contributed by atoms with Gasteiger partial charge in [0.05, 0.1) is 37.5 Å². The lowest BCUT2D eigenvalue weighted by molar-refractivity contribution is -0.0260. The van der Waals surface area contributed by atoms with Gasteiger partial charge in [-0.05, 0) is 12.1 Å². The first-order valence-electron chi connectivity index (χ1n) is 13.8. The van der Waals surface area contributed by atoms with Gasteiger partial charge in [0.25, 0.3) is 5.91 Å². The molecule has 12 heteroatoms. The first kappa shape index (κ1) is 24.4. The van der Waals surface area contributed by atoms with Gasteiger partial charge in [0.15, 0.2) is 17.0 Å². The normalized spacial score (nSPS) is 19.2. The SMILES string of the molecule is CCc1nc2ccccc2n1-c1nc(N2CCOCC2)c2nc(C(=O)N3CC(N4CCOCC4)C3)n(C)c2n1. The monoisotopic (exact) mass is 531 g/mol. The van der Waals surface area contributed by atoms with E-state index in [0.717, 1.165) is 55.4 Å². The summed E-state index contributed by atoms with van der Waals surface area (Å²) >= 11 is 0. The number of carbonyl (C=O) groups excluding carboxylic acids is 1. The van der Waals surface area contributed by atoms with Gasteiger partial charge in [0.1, 0.15) is 5.82 Å². The Kier molecular flexibility index (Phi) is 6.17. The number of amides is 1. The van der Waals surface area contributed by atoms with Gasteiger partial charge in [-0.2, -0.15) is 9.97 Å². The van der Waals surface area contributed by atoms with Crippen LogP contribution in [0.25, 0.3) is 28.1 Å². The predicted octanol–water partition coefficient (Wildman–Crippen LogP) is 1.26. The summed E-state index contributed by atoms with van der Waals surface area (Å²) in [7, 11) is 1.87. The maximum absolute atomic E-state index is 13.6. The minimum atomic E-state index is -0.0724. The third-order valence-electron chi connectivity index (χ3n) is 8.05. The van der Waals surface area contributed by atoms with Crippen LogP contribution >= 0.6 is 0 Å². The molecule has 1 amide bonds. The van der Waals surface area contributed by atoms with Crippen molar-refractivity contribution in [3.63, 3.8) is 0 Å². The van der Waals surface area contributed by atoms with E-state index in [1.165, 1.54) is 0 Å². The van der Waals surface area contributed by atoms with E-state index in [4.69, 9.17) is 29.4 Å². The Labute approximate surface area is 226 Å². The van der Waals surface area contributed by atoms with E-state index in [9.17, 15) is 4.79 Å². The molecular weight excluding hydrogens is 498 g/mol. The molecule has 0 aliphatic carbocycles. The number of hydrogen-bond donors (Lipinski definition) is 0. The second kappa shape index (κ2) is 9.85. The van der Waals surface area contributed by atoms with Crippen LogP contribution in [-0.2, 0) is 22.9 Å². The fourth-order valence-corrected chi connectivity index (χ4v) is 5.79. The summed E-state index contributed by atoms with van der Waals surface area (Å²) in [5.74, 6) is 2.46. The van der Waals surface area contributed by atoms with Crippen molar-refractivity contribution < 1.29 is 14.3 Å². The Bertz CT molecular complexity index is 1530. The van der Waals surface area contributed by atoms with E-state index < -0.39 is 0 Å². The average Bonchev–Trinajstić information content (AvgIpc) is 3.50. The van der Waals surface area contributed by atoms with Gasteiger partial charge in [-0.3, -0.25) is 14.3 Å². The first-order chi connectivity index (χ1) is 19.1. The molecule has 12 nitrogen and oxygen atoms in total. The largest absolute Gasteiger partial charge is 0.379 e. The molecule has 204 valence electrons. The quantitative estimate of drug-likeness (QED) is 0.376. The van der Waals surface area contributed by atoms with Crippen molar-refractivity contribution in [2.24, 2.45) is 7.05 Å². The van der Waals surface area contributed by atoms with E-state index in [1.807, 2.05) is 45.3 Å². The van der Waals surface area contributed by atoms with Crippen molar-refractivity contribution in [2.75, 3.05) is 70.6 Å². The molecule has 39 heavy (non-hydrogen) atoms. The third kappa shape index (κ3) is 4.14. The zero-order valence-corrected chi connectivity index (χ0v) is 22.4. The predicted molar refractivity (Wildman–Crippen MR) is 145 cm³/mol. The van der Waals surface area contributed by atoms with Gasteiger partial charge >= 0.3 is 0 Å². The van der Waals surface area contributed by atoms with E-state index in [0.29, 0.717) is 68.4 Å². The number of morpholine rings is 2. The number of anilines is 1. The average molecular weight is 532 g/mol. The third-order valence-corrected chi connectivity index (χ3v) is 8.05. The Morgan fingerprint density at radius 3 is 2.41 bits per heavy atom. The van der Waals surface area contributed by atoms with Crippen molar-refractivity contribution in [1.82, 2.24) is 38.9 Å². The molecule has 0 unspecified atom stereocenters. The van der Waals surface area contributed by atoms with Gasteiger partial charge in [-0.15, -0.1) is 0 Å². The maximum Gasteiger partial charge on any atom is 0.290 e. The number of benzene rings is 1. The molecule has 3 saturated heterocycles. The van der Waals surface area contributed by atoms with Gasteiger partial charge in [0, 0.05) is 58.8 Å². The number of imidazole rings is 2. The molecule has 0 saturated carbocycles. The highest BCUT2D eigenvalue weighted by molar-refractivity contribution is 5.97. The highest BCUT2D eigenvalue weighted by atomic mass is 16.5. The van der Waals surface area contributed by atoms with Crippen LogP contribution in [0.2, 0.25) is 0 Å². The number of rotatable bonds is 5. The lowest BCUT2D eigenvalue weighted by Gasteiger charge is -2.46. The van der Waals surface area contributed by atoms with Gasteiger partial charge < -0.3 is 23.8 Å². The van der Waals surface area contributed by atoms with Crippen molar-refractivity contribution in [2.45, 2.75) is 19.4 Å². The highest BCUT2D eigenvalue weighted by Crippen LogP contribution is 2.29. The number of ether oxygens (including phenoxy) is 2. The molecule has 3 aliphatic rings. The van der Waals surface area contributed by atoms with Crippen LogP contribution in [0.1, 0.15) is 23.4 Å². The molecule has 1 aromatic carbocycles. The molecule has 0 radical (unpaired) electrons. The lowest BCUT2D eigenvalue weighted by Crippen LogP contribution is -2.63. The zero-order chi connectivity index (χ0) is 26.5. The summed E-state index contributed by atoms with van der Waals surface area (Å²) in [6, 6.07) is 8.41. The van der Waals surface area contributed by atoms with Crippen LogP contribution in [0.3, 0.4) is 0 Å². The second-order valence-electron chi connectivity index (χ2n) is 10.3. The van der Waals surface area contributed by atoms with Crippen LogP contribution in [0, 0.1) is 0 Å². The summed E-state index contributed by atoms with van der Waals surface area (Å²) in [5.41, 5.74) is 3.13. The molecule has 3 fully saturated rings. The topological polar surface area (TPSA) is 107 Å². The second-order valence-corrected chi connectivity index (χ2v) is 10.3. The van der Waals surface area contributed by atoms with Crippen LogP contribution in [0.5, 0.6) is 0 Å². The van der Waals surface area contributed by atoms with Crippen molar-refractivity contribution in [3.8, 4) is 5.95 Å². The Morgan fingerprint density at radius 2 is 1.67 bits per heavy atom. The van der Waals surface area contributed by atoms with Crippen molar-refractivity contribution in [3.05, 3.63) is 35.9 Å². The molecule has 4 aromatic rings. The number of hydrogen-bond acceptors (Lipinski definition) is 9. The Morgan fingerprint density at radius 1 is 0.949 bits per heavy atom. The highest BCUT2D eigenvalue weighted by Gasteiger charge is 2.38. The Balaban J connectivity index is 1.29. The minimum Gasteiger partial charge on any atom is -0.379 e. The lowest BCUT2D eigenvalue weighted by atomic mass is 10.1. The smallest absolute Gasteiger partial charge is 0.290 e. The summed E-state index contributed by atoms with van der Waals surface area (Å²) < 4.78 is 14.9. The number of para-hydroxylation sites is 2. The van der Waals surface area contributed by atoms with Crippen LogP contribution in [-0.4, -0.2) is 117 Å². The fourth-order valence-electron chi connectivity index (χ4n) is 5.79. The summed E-state index contributed by atoms with van der Waals surface area (Å²) in [6.07, 6.45) is 0.733. The summed E-state index contributed by atoms with van der Waals surface area (Å²) in [5, 5.41) is 0. The van der Waals surface area contributed by atoms with Crippen LogP contribution in [0.15, 0.2) is 24.3 Å². The molecule has 6 heterocycles.